The lowest BCUT2D eigenvalue weighted by Crippen LogP contribution is -2.13. The van der Waals surface area contributed by atoms with Gasteiger partial charge < -0.3 is 10.5 Å². The van der Waals surface area contributed by atoms with Crippen LogP contribution in [-0.2, 0) is 11.3 Å². The molecule has 0 aliphatic heterocycles. The van der Waals surface area contributed by atoms with Crippen molar-refractivity contribution in [3.63, 3.8) is 0 Å². The fourth-order valence-corrected chi connectivity index (χ4v) is 2.38. The number of esters is 1. The number of ether oxygens (including phenoxy) is 1. The summed E-state index contributed by atoms with van der Waals surface area (Å²) in [6.45, 7) is 4.36. The Bertz CT molecular complexity index is 665. The molecule has 2 N–H and O–H groups in total. The van der Waals surface area contributed by atoms with Crippen LogP contribution in [0.5, 0.6) is 0 Å². The van der Waals surface area contributed by atoms with Gasteiger partial charge in [0.15, 0.2) is 0 Å². The number of aromatic nitrogens is 2. The van der Waals surface area contributed by atoms with E-state index in [4.69, 9.17) is 10.5 Å². The third-order valence-electron chi connectivity index (χ3n) is 3.19. The average Bonchev–Trinajstić information content (AvgIpc) is 2.66. The fourth-order valence-electron chi connectivity index (χ4n) is 2.09. The van der Waals surface area contributed by atoms with E-state index in [1.807, 2.05) is 30.7 Å². The van der Waals surface area contributed by atoms with Gasteiger partial charge in [0, 0.05) is 5.69 Å². The summed E-state index contributed by atoms with van der Waals surface area (Å²) in [6, 6.07) is 5.36. The first kappa shape index (κ1) is 14.6. The first-order valence-corrected chi connectivity index (χ1v) is 6.90. The van der Waals surface area contributed by atoms with Gasteiger partial charge in [-0.15, -0.1) is 0 Å². The highest BCUT2D eigenvalue weighted by Gasteiger charge is 2.17. The molecule has 2 aromatic rings. The predicted molar refractivity (Wildman–Crippen MR) is 80.7 cm³/mol. The molecule has 5 nitrogen and oxygen atoms in total. The highest BCUT2D eigenvalue weighted by molar-refractivity contribution is 9.10. The lowest BCUT2D eigenvalue weighted by Gasteiger charge is -2.11. The van der Waals surface area contributed by atoms with Crippen molar-refractivity contribution in [1.29, 1.82) is 0 Å². The Morgan fingerprint density at radius 1 is 1.45 bits per heavy atom. The van der Waals surface area contributed by atoms with Crippen molar-refractivity contribution in [2.24, 2.45) is 0 Å². The first-order valence-electron chi connectivity index (χ1n) is 6.11. The topological polar surface area (TPSA) is 70.1 Å². The first-order chi connectivity index (χ1) is 9.45. The monoisotopic (exact) mass is 337 g/mol. The Kier molecular flexibility index (Phi) is 4.13. The number of nitrogens with zero attached hydrogens (tertiary/aromatic N) is 2. The Hall–Kier alpha value is -1.82. The van der Waals surface area contributed by atoms with E-state index in [0.29, 0.717) is 17.8 Å². The molecule has 0 spiro atoms. The van der Waals surface area contributed by atoms with Crippen molar-refractivity contribution >= 4 is 27.6 Å². The zero-order valence-electron chi connectivity index (χ0n) is 11.6. The molecule has 0 unspecified atom stereocenters. The Morgan fingerprint density at radius 3 is 2.70 bits per heavy atom. The molecule has 20 heavy (non-hydrogen) atoms. The van der Waals surface area contributed by atoms with Crippen LogP contribution in [0, 0.1) is 13.8 Å². The number of hydrogen-bond donors (Lipinski definition) is 1. The van der Waals surface area contributed by atoms with Crippen LogP contribution in [-0.4, -0.2) is 22.9 Å². The molecule has 0 radical (unpaired) electrons. The molecule has 0 fully saturated rings. The number of methoxy groups -OCH3 is 1. The minimum absolute atomic E-state index is 0.402. The van der Waals surface area contributed by atoms with E-state index in [9.17, 15) is 4.79 Å². The van der Waals surface area contributed by atoms with Crippen molar-refractivity contribution < 1.29 is 9.53 Å². The molecular formula is C14H16BrN3O2. The van der Waals surface area contributed by atoms with E-state index in [0.717, 1.165) is 21.4 Å². The zero-order chi connectivity index (χ0) is 14.9. The summed E-state index contributed by atoms with van der Waals surface area (Å²) in [5.74, 6) is -0.432. The summed E-state index contributed by atoms with van der Waals surface area (Å²) in [5.41, 5.74) is 9.39. The molecule has 6 heteroatoms. The average molecular weight is 338 g/mol. The van der Waals surface area contributed by atoms with E-state index in [2.05, 4.69) is 21.0 Å². The molecule has 0 atom stereocenters. The van der Waals surface area contributed by atoms with Gasteiger partial charge in [-0.25, -0.2) is 4.79 Å². The van der Waals surface area contributed by atoms with Crippen LogP contribution >= 0.6 is 15.9 Å². The maximum Gasteiger partial charge on any atom is 0.340 e. The molecule has 2 rings (SSSR count). The number of hydrogen-bond acceptors (Lipinski definition) is 4. The molecule has 0 amide bonds. The van der Waals surface area contributed by atoms with Crippen molar-refractivity contribution in [1.82, 2.24) is 9.78 Å². The van der Waals surface area contributed by atoms with Crippen molar-refractivity contribution in [2.45, 2.75) is 20.4 Å². The molecular weight excluding hydrogens is 322 g/mol. The highest BCUT2D eigenvalue weighted by Crippen LogP contribution is 2.23. The summed E-state index contributed by atoms with van der Waals surface area (Å²) < 4.78 is 7.60. The number of carbonyl (C=O) groups excluding carboxylic acids is 1. The van der Waals surface area contributed by atoms with E-state index >= 15 is 0 Å². The standard InChI is InChI=1S/C14H16BrN3O2/c1-8-13(15)9(2)18(17-8)7-10-5-4-6-11(16)12(10)14(19)20-3/h4-6H,7,16H2,1-3H3. The summed E-state index contributed by atoms with van der Waals surface area (Å²) in [4.78, 5) is 11.9. The SMILES string of the molecule is COC(=O)c1c(N)cccc1Cn1nc(C)c(Br)c1C. The second-order valence-electron chi connectivity index (χ2n) is 4.52. The second-order valence-corrected chi connectivity index (χ2v) is 5.31. The van der Waals surface area contributed by atoms with Gasteiger partial charge >= 0.3 is 5.97 Å². The van der Waals surface area contributed by atoms with E-state index < -0.39 is 5.97 Å². The van der Waals surface area contributed by atoms with Gasteiger partial charge in [0.2, 0.25) is 0 Å². The summed E-state index contributed by atoms with van der Waals surface area (Å²) in [6.07, 6.45) is 0. The molecule has 1 aromatic heterocycles. The largest absolute Gasteiger partial charge is 0.465 e. The number of benzene rings is 1. The van der Waals surface area contributed by atoms with Crippen LogP contribution < -0.4 is 5.73 Å². The number of rotatable bonds is 3. The van der Waals surface area contributed by atoms with Crippen molar-refractivity contribution in [3.05, 3.63) is 45.2 Å². The number of nitrogen functional groups attached to an aromatic ring is 1. The Labute approximate surface area is 125 Å². The van der Waals surface area contributed by atoms with Crippen molar-refractivity contribution in [2.75, 3.05) is 12.8 Å². The Balaban J connectivity index is 2.46. The van der Waals surface area contributed by atoms with Gasteiger partial charge in [-0.3, -0.25) is 4.68 Å². The highest BCUT2D eigenvalue weighted by atomic mass is 79.9. The van der Waals surface area contributed by atoms with Gasteiger partial charge in [-0.2, -0.15) is 5.10 Å². The van der Waals surface area contributed by atoms with Crippen LogP contribution in [0.3, 0.4) is 0 Å². The minimum Gasteiger partial charge on any atom is -0.465 e. The smallest absolute Gasteiger partial charge is 0.340 e. The van der Waals surface area contributed by atoms with Crippen LogP contribution in [0.25, 0.3) is 0 Å². The predicted octanol–water partition coefficient (Wildman–Crippen LogP) is 2.68. The van der Waals surface area contributed by atoms with E-state index in [-0.39, 0.29) is 0 Å². The summed E-state index contributed by atoms with van der Waals surface area (Å²) in [7, 11) is 1.35. The molecule has 1 heterocycles. The van der Waals surface area contributed by atoms with Gasteiger partial charge in [-0.05, 0) is 41.4 Å². The minimum atomic E-state index is -0.432. The molecule has 106 valence electrons. The number of carbonyl (C=O) groups is 1. The van der Waals surface area contributed by atoms with Crippen LogP contribution in [0.2, 0.25) is 0 Å². The molecule has 0 aliphatic carbocycles. The van der Waals surface area contributed by atoms with Crippen LogP contribution in [0.1, 0.15) is 27.3 Å². The molecule has 0 bridgehead atoms. The van der Waals surface area contributed by atoms with Gasteiger partial charge in [0.05, 0.1) is 35.1 Å². The van der Waals surface area contributed by atoms with Gasteiger partial charge in [-0.1, -0.05) is 12.1 Å². The Morgan fingerprint density at radius 2 is 2.15 bits per heavy atom. The fraction of sp³-hybridized carbons (Fsp3) is 0.286. The molecule has 1 aromatic carbocycles. The van der Waals surface area contributed by atoms with Crippen LogP contribution in [0.15, 0.2) is 22.7 Å². The lowest BCUT2D eigenvalue weighted by atomic mass is 10.1. The van der Waals surface area contributed by atoms with Crippen molar-refractivity contribution in [3.8, 4) is 0 Å². The third kappa shape index (κ3) is 2.56. The lowest BCUT2D eigenvalue weighted by molar-refractivity contribution is 0.0600. The second kappa shape index (κ2) is 5.66. The van der Waals surface area contributed by atoms with Gasteiger partial charge in [0.1, 0.15) is 0 Å². The number of aryl methyl sites for hydroxylation is 1. The normalized spacial score (nSPS) is 10.6. The van der Waals surface area contributed by atoms with E-state index in [1.165, 1.54) is 7.11 Å². The number of halogens is 1. The number of nitrogens with two attached hydrogens (primary N) is 1. The van der Waals surface area contributed by atoms with Gasteiger partial charge in [0.25, 0.3) is 0 Å². The molecule has 0 saturated carbocycles. The summed E-state index contributed by atoms with van der Waals surface area (Å²) in [5, 5.41) is 4.44. The van der Waals surface area contributed by atoms with E-state index in [1.54, 1.807) is 6.07 Å². The molecule has 0 saturated heterocycles. The van der Waals surface area contributed by atoms with Crippen LogP contribution in [0.4, 0.5) is 5.69 Å². The molecule has 0 aliphatic rings. The summed E-state index contributed by atoms with van der Waals surface area (Å²) >= 11 is 3.49. The number of anilines is 1. The quantitative estimate of drug-likeness (QED) is 0.690. The maximum absolute atomic E-state index is 11.9. The zero-order valence-corrected chi connectivity index (χ0v) is 13.2. The third-order valence-corrected chi connectivity index (χ3v) is 4.33. The maximum atomic E-state index is 11.9.